The van der Waals surface area contributed by atoms with E-state index in [0.717, 1.165) is 36.4 Å². The summed E-state index contributed by atoms with van der Waals surface area (Å²) in [4.78, 5) is 28.7. The Labute approximate surface area is 274 Å². The molecule has 2 N–H and O–H groups in total. The van der Waals surface area contributed by atoms with Gasteiger partial charge in [0.25, 0.3) is 0 Å². The zero-order chi connectivity index (χ0) is 33.2. The molecular weight excluding hydrogens is 667 g/mol. The first kappa shape index (κ1) is 31.8. The molecule has 0 spiro atoms. The minimum absolute atomic E-state index is 0.0250. The average Bonchev–Trinajstić information content (AvgIpc) is 3.79. The van der Waals surface area contributed by atoms with Gasteiger partial charge in [0.1, 0.15) is 30.2 Å². The second-order valence-electron chi connectivity index (χ2n) is 12.0. The number of carbonyl (C=O) groups excluding carboxylic acids is 1. The maximum absolute atomic E-state index is 14.8. The van der Waals surface area contributed by atoms with Gasteiger partial charge in [0, 0.05) is 37.1 Å². The van der Waals surface area contributed by atoms with Crippen molar-refractivity contribution in [3.05, 3.63) is 47.3 Å². The average molecular weight is 695 g/mol. The zero-order valence-electron chi connectivity index (χ0n) is 24.7. The molecule has 0 radical (unpaired) electrons. The molecule has 0 aliphatic carbocycles. The van der Waals surface area contributed by atoms with Crippen LogP contribution < -0.4 is 15.2 Å². The van der Waals surface area contributed by atoms with Crippen LogP contribution in [0.3, 0.4) is 0 Å². The van der Waals surface area contributed by atoms with E-state index in [1.807, 2.05) is 4.90 Å². The first-order valence-electron chi connectivity index (χ1n) is 14.9. The van der Waals surface area contributed by atoms with Crippen LogP contribution in [0, 0.1) is 5.82 Å². The Morgan fingerprint density at radius 2 is 2.02 bits per heavy atom. The van der Waals surface area contributed by atoms with E-state index >= 15 is 0 Å². The van der Waals surface area contributed by atoms with Crippen molar-refractivity contribution < 1.29 is 36.2 Å². The van der Waals surface area contributed by atoms with Crippen molar-refractivity contribution in [2.45, 2.75) is 49.7 Å². The maximum atomic E-state index is 14.8. The van der Waals surface area contributed by atoms with Crippen LogP contribution in [-0.4, -0.2) is 81.3 Å². The molecule has 3 atom stereocenters. The van der Waals surface area contributed by atoms with Crippen LogP contribution in [0.4, 0.5) is 27.1 Å². The zero-order valence-corrected chi connectivity index (χ0v) is 26.3. The van der Waals surface area contributed by atoms with Crippen LogP contribution >= 0.6 is 22.9 Å². The number of benzene rings is 2. The van der Waals surface area contributed by atoms with E-state index in [1.165, 1.54) is 17.0 Å². The van der Waals surface area contributed by atoms with Crippen molar-refractivity contribution in [2.75, 3.05) is 38.5 Å². The van der Waals surface area contributed by atoms with Gasteiger partial charge in [0.2, 0.25) is 11.8 Å². The monoisotopic (exact) mass is 694 g/mol. The van der Waals surface area contributed by atoms with Gasteiger partial charge < -0.3 is 20.1 Å². The lowest BCUT2D eigenvalue weighted by molar-refractivity contribution is -0.137. The summed E-state index contributed by atoms with van der Waals surface area (Å²) in [5.41, 5.74) is 3.36. The van der Waals surface area contributed by atoms with Crippen molar-refractivity contribution in [3.63, 3.8) is 0 Å². The highest BCUT2D eigenvalue weighted by molar-refractivity contribution is 7.22. The predicted molar refractivity (Wildman–Crippen MR) is 167 cm³/mol. The molecule has 0 unspecified atom stereocenters. The largest absolute Gasteiger partial charge is 0.472 e. The highest BCUT2D eigenvalue weighted by Gasteiger charge is 2.49. The molecule has 3 fully saturated rings. The number of aromatic nitrogens is 3. The molecule has 3 saturated heterocycles. The van der Waals surface area contributed by atoms with Crippen molar-refractivity contribution in [2.24, 2.45) is 0 Å². The molecule has 9 nitrogen and oxygen atoms in total. The minimum Gasteiger partial charge on any atom is -0.472 e. The van der Waals surface area contributed by atoms with E-state index < -0.39 is 46.0 Å². The van der Waals surface area contributed by atoms with Gasteiger partial charge in [-0.05, 0) is 43.7 Å². The Morgan fingerprint density at radius 3 is 2.79 bits per heavy atom. The van der Waals surface area contributed by atoms with Crippen LogP contribution in [0.25, 0.3) is 32.2 Å². The van der Waals surface area contributed by atoms with Crippen molar-refractivity contribution in [3.8, 4) is 23.0 Å². The number of ether oxygens (including phenoxy) is 2. The van der Waals surface area contributed by atoms with Gasteiger partial charge in [-0.1, -0.05) is 29.5 Å². The SMILES string of the molecule is C=CC(=O)N1CC[C@@H](Oc2nc(OC[C@@]34CCCN3C[C@H](F)C4)nc3c(Cl)c(-c4ccc(F)c5sc(N)nc45)c(C(F)(F)F)cc23)C1. The number of nitrogens with zero attached hydrogens (tertiary/aromatic N) is 5. The number of anilines is 1. The number of hydrogen-bond acceptors (Lipinski definition) is 9. The summed E-state index contributed by atoms with van der Waals surface area (Å²) in [5.74, 6) is -1.23. The molecular formula is C31H28ClF5N6O3S. The lowest BCUT2D eigenvalue weighted by Gasteiger charge is -2.30. The number of amides is 1. The second-order valence-corrected chi connectivity index (χ2v) is 13.4. The van der Waals surface area contributed by atoms with E-state index in [-0.39, 0.29) is 69.2 Å². The molecule has 2 aromatic heterocycles. The van der Waals surface area contributed by atoms with Crippen LogP contribution in [0.1, 0.15) is 31.2 Å². The first-order chi connectivity index (χ1) is 22.4. The van der Waals surface area contributed by atoms with Gasteiger partial charge >= 0.3 is 12.2 Å². The van der Waals surface area contributed by atoms with Crippen LogP contribution in [-0.2, 0) is 11.0 Å². The molecule has 47 heavy (non-hydrogen) atoms. The van der Waals surface area contributed by atoms with Crippen LogP contribution in [0.2, 0.25) is 5.02 Å². The lowest BCUT2D eigenvalue weighted by Crippen LogP contribution is -2.43. The van der Waals surface area contributed by atoms with E-state index in [2.05, 4.69) is 21.5 Å². The van der Waals surface area contributed by atoms with Gasteiger partial charge in [-0.25, -0.2) is 13.8 Å². The Balaban J connectivity index is 1.38. The van der Waals surface area contributed by atoms with Gasteiger partial charge in [0.05, 0.1) is 38.3 Å². The molecule has 4 aromatic rings. The van der Waals surface area contributed by atoms with Gasteiger partial charge in [0.15, 0.2) is 5.13 Å². The number of likely N-dealkylation sites (tertiary alicyclic amines) is 1. The molecule has 2 aromatic carbocycles. The number of hydrogen-bond donors (Lipinski definition) is 1. The number of halogens is 6. The molecule has 3 aliphatic heterocycles. The van der Waals surface area contributed by atoms with Crippen molar-refractivity contribution in [1.82, 2.24) is 24.8 Å². The summed E-state index contributed by atoms with van der Waals surface area (Å²) < 4.78 is 85.7. The molecule has 5 heterocycles. The van der Waals surface area contributed by atoms with E-state index in [4.69, 9.17) is 26.8 Å². The van der Waals surface area contributed by atoms with E-state index in [1.54, 1.807) is 0 Å². The predicted octanol–water partition coefficient (Wildman–Crippen LogP) is 6.42. The third-order valence-corrected chi connectivity index (χ3v) is 10.4. The van der Waals surface area contributed by atoms with E-state index in [9.17, 15) is 26.7 Å². The number of fused-ring (bicyclic) bond motifs is 3. The lowest BCUT2D eigenvalue weighted by atomic mass is 9.95. The summed E-state index contributed by atoms with van der Waals surface area (Å²) in [6, 6.07) is 2.81. The number of nitrogens with two attached hydrogens (primary N) is 1. The summed E-state index contributed by atoms with van der Waals surface area (Å²) in [6.45, 7) is 5.06. The van der Waals surface area contributed by atoms with Gasteiger partial charge in [-0.3, -0.25) is 9.69 Å². The Hall–Kier alpha value is -3.82. The topological polar surface area (TPSA) is 107 Å². The normalized spacial score (nSPS) is 23.1. The summed E-state index contributed by atoms with van der Waals surface area (Å²) in [5, 5.41) is -0.589. The molecule has 0 bridgehead atoms. The van der Waals surface area contributed by atoms with Crippen LogP contribution in [0.15, 0.2) is 30.9 Å². The minimum atomic E-state index is -4.93. The molecule has 1 amide bonds. The first-order valence-corrected chi connectivity index (χ1v) is 16.1. The Kier molecular flexibility index (Phi) is 7.91. The van der Waals surface area contributed by atoms with Crippen LogP contribution in [0.5, 0.6) is 11.9 Å². The maximum Gasteiger partial charge on any atom is 0.417 e. The number of rotatable bonds is 7. The number of nitrogen functional groups attached to an aromatic ring is 1. The number of alkyl halides is 4. The number of carbonyl (C=O) groups is 1. The summed E-state index contributed by atoms with van der Waals surface area (Å²) >= 11 is 7.64. The Morgan fingerprint density at radius 1 is 1.21 bits per heavy atom. The fourth-order valence-electron chi connectivity index (χ4n) is 6.97. The highest BCUT2D eigenvalue weighted by atomic mass is 35.5. The summed E-state index contributed by atoms with van der Waals surface area (Å²) in [6.07, 6.45) is -3.15. The third-order valence-electron chi connectivity index (χ3n) is 9.10. The highest BCUT2D eigenvalue weighted by Crippen LogP contribution is 2.48. The number of thiazole rings is 1. The summed E-state index contributed by atoms with van der Waals surface area (Å²) in [7, 11) is 0. The quantitative estimate of drug-likeness (QED) is 0.175. The molecule has 3 aliphatic rings. The van der Waals surface area contributed by atoms with E-state index in [0.29, 0.717) is 25.9 Å². The smallest absolute Gasteiger partial charge is 0.417 e. The second kappa shape index (κ2) is 11.7. The molecule has 7 rings (SSSR count). The molecule has 248 valence electrons. The fourth-order valence-corrected chi connectivity index (χ4v) is 8.09. The molecule has 16 heteroatoms. The molecule has 0 saturated carbocycles. The van der Waals surface area contributed by atoms with Crippen molar-refractivity contribution in [1.29, 1.82) is 0 Å². The third kappa shape index (κ3) is 5.61. The fraction of sp³-hybridized carbons (Fsp3) is 0.419. The van der Waals surface area contributed by atoms with Crippen molar-refractivity contribution >= 4 is 55.1 Å². The standard InChI is InChI=1S/C31H28ClF5N6O3S/c1-2-21(44)42-9-6-16(13-42)46-27-18-10-19(31(35,36)37)22(17-4-5-20(34)26-25(17)39-28(38)47-26)23(32)24(18)40-29(41-27)45-14-30-7-3-8-43(30)12-15(33)11-30/h2,4-5,10,15-16H,1,3,6-9,11-14H2,(H2,38,39)/t15-,16-,30+/m1/s1. The Bertz CT molecular complexity index is 1920. The van der Waals surface area contributed by atoms with Gasteiger partial charge in [-0.2, -0.15) is 23.1 Å². The van der Waals surface area contributed by atoms with Gasteiger partial charge in [-0.15, -0.1) is 0 Å².